The molecule has 7 heteroatoms. The lowest BCUT2D eigenvalue weighted by molar-refractivity contribution is -0.116. The molecule has 0 aliphatic rings. The minimum absolute atomic E-state index is 0.0744. The Bertz CT molecular complexity index is 919. The molecule has 1 N–H and O–H groups in total. The van der Waals surface area contributed by atoms with Crippen molar-refractivity contribution < 1.29 is 9.18 Å². The summed E-state index contributed by atoms with van der Waals surface area (Å²) in [5, 5.41) is 4.92. The van der Waals surface area contributed by atoms with Crippen molar-refractivity contribution >= 4 is 44.6 Å². The summed E-state index contributed by atoms with van der Waals surface area (Å²) in [5.74, 6) is -0.946. The Labute approximate surface area is 133 Å². The molecular formula is C15H10ClFN2O2S. The number of rotatable bonds is 3. The maximum absolute atomic E-state index is 13.1. The van der Waals surface area contributed by atoms with Crippen LogP contribution in [0.1, 0.15) is 0 Å². The van der Waals surface area contributed by atoms with E-state index in [1.165, 1.54) is 34.1 Å². The molecule has 22 heavy (non-hydrogen) atoms. The Balaban J connectivity index is 1.79. The van der Waals surface area contributed by atoms with Crippen LogP contribution in [0.3, 0.4) is 0 Å². The molecule has 3 aromatic rings. The van der Waals surface area contributed by atoms with Crippen LogP contribution in [0.25, 0.3) is 10.1 Å². The van der Waals surface area contributed by atoms with Gasteiger partial charge in [0.1, 0.15) is 12.4 Å². The Morgan fingerprint density at radius 3 is 2.91 bits per heavy atom. The SMILES string of the molecule is O=C(Cn1ccc2sccc2c1=O)Nc1ccc(F)c(Cl)c1. The fraction of sp³-hybridized carbons (Fsp3) is 0.0667. The van der Waals surface area contributed by atoms with E-state index in [1.807, 2.05) is 5.38 Å². The van der Waals surface area contributed by atoms with Crippen LogP contribution in [0.2, 0.25) is 5.02 Å². The van der Waals surface area contributed by atoms with Crippen LogP contribution in [0.5, 0.6) is 0 Å². The molecule has 0 radical (unpaired) electrons. The molecule has 0 aliphatic heterocycles. The Morgan fingerprint density at radius 1 is 1.32 bits per heavy atom. The molecule has 2 heterocycles. The van der Waals surface area contributed by atoms with E-state index >= 15 is 0 Å². The van der Waals surface area contributed by atoms with Gasteiger partial charge in [-0.25, -0.2) is 4.39 Å². The highest BCUT2D eigenvalue weighted by molar-refractivity contribution is 7.17. The number of amides is 1. The number of anilines is 1. The van der Waals surface area contributed by atoms with Gasteiger partial charge in [0.2, 0.25) is 5.91 Å². The van der Waals surface area contributed by atoms with Gasteiger partial charge in [-0.05, 0) is 35.7 Å². The second-order valence-corrected chi connectivity index (χ2v) is 5.98. The second kappa shape index (κ2) is 5.90. The third-order valence-electron chi connectivity index (χ3n) is 3.11. The number of carbonyl (C=O) groups is 1. The number of benzene rings is 1. The predicted octanol–water partition coefficient (Wildman–Crippen LogP) is 3.49. The van der Waals surface area contributed by atoms with E-state index in [4.69, 9.17) is 11.6 Å². The quantitative estimate of drug-likeness (QED) is 0.796. The molecule has 0 atom stereocenters. The summed E-state index contributed by atoms with van der Waals surface area (Å²) in [7, 11) is 0. The van der Waals surface area contributed by atoms with Crippen LogP contribution in [-0.4, -0.2) is 10.5 Å². The van der Waals surface area contributed by atoms with Gasteiger partial charge in [-0.15, -0.1) is 11.3 Å². The zero-order valence-electron chi connectivity index (χ0n) is 11.2. The minimum Gasteiger partial charge on any atom is -0.324 e. The monoisotopic (exact) mass is 336 g/mol. The molecule has 0 saturated carbocycles. The topological polar surface area (TPSA) is 51.1 Å². The second-order valence-electron chi connectivity index (χ2n) is 4.62. The zero-order chi connectivity index (χ0) is 15.7. The Kier molecular flexibility index (Phi) is 3.96. The molecule has 3 rings (SSSR count). The average molecular weight is 337 g/mol. The number of carbonyl (C=O) groups excluding carboxylic acids is 1. The number of nitrogens with one attached hydrogen (secondary N) is 1. The van der Waals surface area contributed by atoms with E-state index in [1.54, 1.807) is 18.3 Å². The van der Waals surface area contributed by atoms with Gasteiger partial charge in [-0.1, -0.05) is 11.6 Å². The number of thiophene rings is 1. The average Bonchev–Trinajstić information content (AvgIpc) is 2.95. The third-order valence-corrected chi connectivity index (χ3v) is 4.28. The van der Waals surface area contributed by atoms with Gasteiger partial charge in [0.15, 0.2) is 0 Å². The van der Waals surface area contributed by atoms with E-state index in [0.717, 1.165) is 4.70 Å². The van der Waals surface area contributed by atoms with Crippen LogP contribution in [0.4, 0.5) is 10.1 Å². The molecule has 112 valence electrons. The van der Waals surface area contributed by atoms with Crippen LogP contribution in [-0.2, 0) is 11.3 Å². The van der Waals surface area contributed by atoms with Crippen LogP contribution in [0, 0.1) is 5.82 Å². The lowest BCUT2D eigenvalue weighted by Crippen LogP contribution is -2.27. The molecule has 0 bridgehead atoms. The normalized spacial score (nSPS) is 10.8. The van der Waals surface area contributed by atoms with Crippen molar-refractivity contribution in [3.8, 4) is 0 Å². The highest BCUT2D eigenvalue weighted by Crippen LogP contribution is 2.19. The number of aromatic nitrogens is 1. The van der Waals surface area contributed by atoms with Crippen molar-refractivity contribution in [3.05, 3.63) is 63.1 Å². The van der Waals surface area contributed by atoms with Crippen molar-refractivity contribution in [1.29, 1.82) is 0 Å². The van der Waals surface area contributed by atoms with Gasteiger partial charge in [0, 0.05) is 16.6 Å². The van der Waals surface area contributed by atoms with E-state index in [2.05, 4.69) is 5.32 Å². The number of halogens is 2. The highest BCUT2D eigenvalue weighted by Gasteiger charge is 2.09. The molecular weight excluding hydrogens is 327 g/mol. The van der Waals surface area contributed by atoms with Crippen molar-refractivity contribution in [3.63, 3.8) is 0 Å². The van der Waals surface area contributed by atoms with E-state index in [-0.39, 0.29) is 23.0 Å². The summed E-state index contributed by atoms with van der Waals surface area (Å²) in [6.07, 6.45) is 1.58. The van der Waals surface area contributed by atoms with Gasteiger partial charge in [0.25, 0.3) is 5.56 Å². The van der Waals surface area contributed by atoms with Crippen LogP contribution < -0.4 is 10.9 Å². The van der Waals surface area contributed by atoms with Gasteiger partial charge in [-0.2, -0.15) is 0 Å². The van der Waals surface area contributed by atoms with Crippen LogP contribution >= 0.6 is 22.9 Å². The largest absolute Gasteiger partial charge is 0.324 e. The van der Waals surface area contributed by atoms with Crippen molar-refractivity contribution in [2.24, 2.45) is 0 Å². The Morgan fingerprint density at radius 2 is 2.14 bits per heavy atom. The van der Waals surface area contributed by atoms with Gasteiger partial charge >= 0.3 is 0 Å². The van der Waals surface area contributed by atoms with Crippen LogP contribution in [0.15, 0.2) is 46.7 Å². The molecule has 4 nitrogen and oxygen atoms in total. The number of fused-ring (bicyclic) bond motifs is 1. The standard InChI is InChI=1S/C15H10ClFN2O2S/c16-11-7-9(1-2-12(11)17)18-14(20)8-19-5-3-13-10(15(19)21)4-6-22-13/h1-7H,8H2,(H,18,20). The Hall–Kier alpha value is -2.18. The first-order valence-corrected chi connectivity index (χ1v) is 7.62. The molecule has 0 fully saturated rings. The first-order valence-electron chi connectivity index (χ1n) is 6.36. The van der Waals surface area contributed by atoms with E-state index in [9.17, 15) is 14.0 Å². The summed E-state index contributed by atoms with van der Waals surface area (Å²) in [5.41, 5.74) is 0.159. The van der Waals surface area contributed by atoms with Gasteiger partial charge in [0.05, 0.1) is 10.4 Å². The number of pyridine rings is 1. The maximum Gasteiger partial charge on any atom is 0.259 e. The first-order chi connectivity index (χ1) is 10.5. The maximum atomic E-state index is 13.1. The fourth-order valence-corrected chi connectivity index (χ4v) is 3.01. The highest BCUT2D eigenvalue weighted by atomic mass is 35.5. The number of hydrogen-bond donors (Lipinski definition) is 1. The first kappa shape index (κ1) is 14.7. The van der Waals surface area contributed by atoms with Gasteiger partial charge in [-0.3, -0.25) is 9.59 Å². The van der Waals surface area contributed by atoms with E-state index < -0.39 is 5.82 Å². The smallest absolute Gasteiger partial charge is 0.259 e. The summed E-state index contributed by atoms with van der Waals surface area (Å²) in [4.78, 5) is 24.2. The predicted molar refractivity (Wildman–Crippen MR) is 86.1 cm³/mol. The van der Waals surface area contributed by atoms with Crippen molar-refractivity contribution in [2.45, 2.75) is 6.54 Å². The lowest BCUT2D eigenvalue weighted by atomic mass is 10.3. The molecule has 0 saturated heterocycles. The molecule has 1 amide bonds. The summed E-state index contributed by atoms with van der Waals surface area (Å²) < 4.78 is 15.3. The molecule has 0 aliphatic carbocycles. The van der Waals surface area contributed by atoms with Gasteiger partial charge < -0.3 is 9.88 Å². The zero-order valence-corrected chi connectivity index (χ0v) is 12.7. The fourth-order valence-electron chi connectivity index (χ4n) is 2.06. The molecule has 0 spiro atoms. The summed E-state index contributed by atoms with van der Waals surface area (Å²) in [6, 6.07) is 7.42. The molecule has 1 aromatic carbocycles. The number of hydrogen-bond acceptors (Lipinski definition) is 3. The van der Waals surface area contributed by atoms with Crippen molar-refractivity contribution in [2.75, 3.05) is 5.32 Å². The van der Waals surface area contributed by atoms with Crippen molar-refractivity contribution in [1.82, 2.24) is 4.57 Å². The minimum atomic E-state index is -0.557. The number of nitrogens with zero attached hydrogens (tertiary/aromatic N) is 1. The summed E-state index contributed by atoms with van der Waals surface area (Å²) in [6.45, 7) is -0.125. The molecule has 2 aromatic heterocycles. The molecule has 0 unspecified atom stereocenters. The lowest BCUT2D eigenvalue weighted by Gasteiger charge is -2.08. The van der Waals surface area contributed by atoms with E-state index in [0.29, 0.717) is 11.1 Å². The summed E-state index contributed by atoms with van der Waals surface area (Å²) >= 11 is 7.13. The third kappa shape index (κ3) is 2.88.